The number of carboxylic acids is 1. The highest BCUT2D eigenvalue weighted by Gasteiger charge is 2.30. The lowest BCUT2D eigenvalue weighted by atomic mass is 10.1. The molecule has 0 bridgehead atoms. The van der Waals surface area contributed by atoms with Crippen LogP contribution in [0.1, 0.15) is 22.6 Å². The van der Waals surface area contributed by atoms with Gasteiger partial charge in [-0.15, -0.1) is 23.1 Å². The number of carbonyl (C=O) groups is 1. The number of rotatable bonds is 6. The molecule has 0 aliphatic rings. The molecule has 0 aliphatic heterocycles. The molecule has 0 aliphatic carbocycles. The molecule has 0 atom stereocenters. The highest BCUT2D eigenvalue weighted by Crippen LogP contribution is 2.35. The van der Waals surface area contributed by atoms with Crippen LogP contribution in [0, 0.1) is 6.92 Å². The lowest BCUT2D eigenvalue weighted by Crippen LogP contribution is -2.03. The van der Waals surface area contributed by atoms with Gasteiger partial charge in [-0.05, 0) is 48.9 Å². The molecule has 0 saturated heterocycles. The van der Waals surface area contributed by atoms with Crippen LogP contribution in [0.3, 0.4) is 0 Å². The standard InChI is InChI=1S/C21H15F3N2O3S2/c1-11-15(29-20(26-11)13-2-4-14(5-3-13)21(22,23)24)9-30-16-6-12(8-18(27)28)7-17-19(16)25-10-31-17/h2-7,10H,8-9H2,1H3,(H,27,28). The van der Waals surface area contributed by atoms with Crippen molar-refractivity contribution in [2.75, 3.05) is 0 Å². The number of hydrogen-bond acceptors (Lipinski definition) is 6. The minimum atomic E-state index is -4.40. The number of carboxylic acid groups (broad SMARTS) is 1. The molecular weight excluding hydrogens is 449 g/mol. The predicted molar refractivity (Wildman–Crippen MR) is 112 cm³/mol. The first-order valence-corrected chi connectivity index (χ1v) is 10.9. The Balaban J connectivity index is 1.56. The lowest BCUT2D eigenvalue weighted by Gasteiger charge is -2.06. The summed E-state index contributed by atoms with van der Waals surface area (Å²) in [6.45, 7) is 1.77. The summed E-state index contributed by atoms with van der Waals surface area (Å²) in [6.07, 6.45) is -4.48. The van der Waals surface area contributed by atoms with Crippen LogP contribution < -0.4 is 0 Å². The van der Waals surface area contributed by atoms with E-state index < -0.39 is 17.7 Å². The second-order valence-corrected chi connectivity index (χ2v) is 8.66. The average Bonchev–Trinajstić information content (AvgIpc) is 3.31. The molecule has 2 aromatic heterocycles. The Labute approximate surface area is 183 Å². The summed E-state index contributed by atoms with van der Waals surface area (Å²) in [6, 6.07) is 8.29. The Bertz CT molecular complexity index is 1250. The quantitative estimate of drug-likeness (QED) is 0.343. The van der Waals surface area contributed by atoms with Gasteiger partial charge >= 0.3 is 12.1 Å². The van der Waals surface area contributed by atoms with Crippen LogP contribution in [0.4, 0.5) is 13.2 Å². The summed E-state index contributed by atoms with van der Waals surface area (Å²) >= 11 is 2.88. The van der Waals surface area contributed by atoms with Crippen LogP contribution >= 0.6 is 23.1 Å². The fourth-order valence-electron chi connectivity index (χ4n) is 3.01. The molecule has 2 heterocycles. The minimum absolute atomic E-state index is 0.0825. The Morgan fingerprint density at radius 3 is 2.65 bits per heavy atom. The third-order valence-corrected chi connectivity index (χ3v) is 6.33. The molecule has 0 saturated carbocycles. The van der Waals surface area contributed by atoms with Gasteiger partial charge in [0.05, 0.1) is 39.2 Å². The van der Waals surface area contributed by atoms with Gasteiger partial charge in [0.2, 0.25) is 5.89 Å². The van der Waals surface area contributed by atoms with Crippen molar-refractivity contribution < 1.29 is 27.5 Å². The molecule has 1 N–H and O–H groups in total. The van der Waals surface area contributed by atoms with Gasteiger partial charge in [-0.25, -0.2) is 9.97 Å². The van der Waals surface area contributed by atoms with E-state index in [0.29, 0.717) is 28.3 Å². The van der Waals surface area contributed by atoms with Crippen LogP contribution in [0.15, 0.2) is 51.2 Å². The number of hydrogen-bond donors (Lipinski definition) is 1. The number of thiazole rings is 1. The van der Waals surface area contributed by atoms with Gasteiger partial charge < -0.3 is 9.52 Å². The first kappa shape index (κ1) is 21.4. The molecule has 0 unspecified atom stereocenters. The molecule has 4 rings (SSSR count). The Morgan fingerprint density at radius 1 is 1.23 bits per heavy atom. The largest absolute Gasteiger partial charge is 0.481 e. The lowest BCUT2D eigenvalue weighted by molar-refractivity contribution is -0.138. The van der Waals surface area contributed by atoms with Crippen molar-refractivity contribution >= 4 is 39.3 Å². The van der Waals surface area contributed by atoms with E-state index in [1.807, 2.05) is 12.1 Å². The molecule has 0 amide bonds. The van der Waals surface area contributed by atoms with E-state index in [4.69, 9.17) is 9.52 Å². The van der Waals surface area contributed by atoms with Crippen molar-refractivity contribution in [2.24, 2.45) is 0 Å². The zero-order chi connectivity index (χ0) is 22.2. The molecule has 4 aromatic rings. The fourth-order valence-corrected chi connectivity index (χ4v) is 4.93. The van der Waals surface area contributed by atoms with E-state index in [2.05, 4.69) is 9.97 Å². The number of benzene rings is 2. The van der Waals surface area contributed by atoms with Crippen molar-refractivity contribution in [3.8, 4) is 11.5 Å². The highest BCUT2D eigenvalue weighted by molar-refractivity contribution is 7.98. The van der Waals surface area contributed by atoms with Crippen LogP contribution in [0.5, 0.6) is 0 Å². The van der Waals surface area contributed by atoms with Gasteiger partial charge in [0.25, 0.3) is 0 Å². The summed E-state index contributed by atoms with van der Waals surface area (Å²) in [7, 11) is 0. The normalized spacial score (nSPS) is 11.9. The van der Waals surface area contributed by atoms with E-state index >= 15 is 0 Å². The number of nitrogens with zero attached hydrogens (tertiary/aromatic N) is 2. The molecule has 10 heteroatoms. The van der Waals surface area contributed by atoms with E-state index in [1.165, 1.54) is 35.2 Å². The Kier molecular flexibility index (Phi) is 5.76. The van der Waals surface area contributed by atoms with Crippen LogP contribution in [0.25, 0.3) is 21.7 Å². The van der Waals surface area contributed by atoms with Crippen LogP contribution in [-0.4, -0.2) is 21.0 Å². The number of aromatic nitrogens is 2. The van der Waals surface area contributed by atoms with Crippen molar-refractivity contribution in [1.82, 2.24) is 9.97 Å². The molecule has 0 radical (unpaired) electrons. The maximum Gasteiger partial charge on any atom is 0.416 e. The smallest absolute Gasteiger partial charge is 0.416 e. The number of alkyl halides is 3. The Hall–Kier alpha value is -2.85. The molecule has 2 aromatic carbocycles. The van der Waals surface area contributed by atoms with Crippen molar-refractivity contribution in [3.63, 3.8) is 0 Å². The summed E-state index contributed by atoms with van der Waals surface area (Å²) in [4.78, 5) is 20.6. The summed E-state index contributed by atoms with van der Waals surface area (Å²) in [5.41, 5.74) is 3.55. The zero-order valence-electron chi connectivity index (χ0n) is 16.1. The van der Waals surface area contributed by atoms with Gasteiger partial charge in [-0.2, -0.15) is 13.2 Å². The van der Waals surface area contributed by atoms with E-state index in [0.717, 1.165) is 27.2 Å². The maximum absolute atomic E-state index is 12.8. The average molecular weight is 464 g/mol. The SMILES string of the molecule is Cc1nc(-c2ccc(C(F)(F)F)cc2)oc1CSc1cc(CC(=O)O)cc2scnc12. The first-order chi connectivity index (χ1) is 14.7. The van der Waals surface area contributed by atoms with Crippen molar-refractivity contribution in [3.05, 3.63) is 64.5 Å². The molecular formula is C21H15F3N2O3S2. The molecule has 31 heavy (non-hydrogen) atoms. The molecule has 5 nitrogen and oxygen atoms in total. The number of halogens is 3. The molecule has 0 spiro atoms. The molecule has 0 fully saturated rings. The zero-order valence-corrected chi connectivity index (χ0v) is 17.7. The topological polar surface area (TPSA) is 76.2 Å². The van der Waals surface area contributed by atoms with Gasteiger partial charge in [0.15, 0.2) is 0 Å². The summed E-state index contributed by atoms with van der Waals surface area (Å²) < 4.78 is 45.0. The molecule has 160 valence electrons. The van der Waals surface area contributed by atoms with Gasteiger partial charge in [0, 0.05) is 10.5 Å². The van der Waals surface area contributed by atoms with E-state index in [-0.39, 0.29) is 12.3 Å². The van der Waals surface area contributed by atoms with E-state index in [1.54, 1.807) is 12.4 Å². The second kappa shape index (κ2) is 8.35. The number of oxazole rings is 1. The van der Waals surface area contributed by atoms with Gasteiger partial charge in [-0.1, -0.05) is 0 Å². The Morgan fingerprint density at radius 2 is 1.97 bits per heavy atom. The second-order valence-electron chi connectivity index (χ2n) is 6.75. The highest BCUT2D eigenvalue weighted by atomic mass is 32.2. The number of aryl methyl sites for hydroxylation is 1. The minimum Gasteiger partial charge on any atom is -0.481 e. The predicted octanol–water partition coefficient (Wildman–Crippen LogP) is 6.20. The van der Waals surface area contributed by atoms with Crippen LogP contribution in [-0.2, 0) is 23.1 Å². The van der Waals surface area contributed by atoms with Crippen LogP contribution in [0.2, 0.25) is 0 Å². The van der Waals surface area contributed by atoms with E-state index in [9.17, 15) is 18.0 Å². The number of aliphatic carboxylic acids is 1. The number of fused-ring (bicyclic) bond motifs is 1. The van der Waals surface area contributed by atoms with Crippen molar-refractivity contribution in [2.45, 2.75) is 30.2 Å². The fraction of sp³-hybridized carbons (Fsp3) is 0.190. The van der Waals surface area contributed by atoms with Gasteiger partial charge in [0.1, 0.15) is 5.76 Å². The summed E-state index contributed by atoms with van der Waals surface area (Å²) in [5.74, 6) is 0.349. The first-order valence-electron chi connectivity index (χ1n) is 9.05. The third-order valence-electron chi connectivity index (χ3n) is 4.53. The maximum atomic E-state index is 12.8. The van der Waals surface area contributed by atoms with Crippen molar-refractivity contribution in [1.29, 1.82) is 0 Å². The monoisotopic (exact) mass is 464 g/mol. The third kappa shape index (κ3) is 4.75. The number of thioether (sulfide) groups is 1. The van der Waals surface area contributed by atoms with Gasteiger partial charge in [-0.3, -0.25) is 4.79 Å². The summed E-state index contributed by atoms with van der Waals surface area (Å²) in [5, 5.41) is 9.09.